The third-order valence-electron chi connectivity index (χ3n) is 2.66. The summed E-state index contributed by atoms with van der Waals surface area (Å²) >= 11 is 0. The summed E-state index contributed by atoms with van der Waals surface area (Å²) in [5.74, 6) is -0.391. The first-order valence-corrected chi connectivity index (χ1v) is 5.01. The molecule has 1 aromatic heterocycles. The van der Waals surface area contributed by atoms with Gasteiger partial charge in [0.1, 0.15) is 6.04 Å². The van der Waals surface area contributed by atoms with E-state index in [0.717, 1.165) is 16.6 Å². The van der Waals surface area contributed by atoms with E-state index >= 15 is 0 Å². The van der Waals surface area contributed by atoms with Crippen LogP contribution < -0.4 is 11.1 Å². The summed E-state index contributed by atoms with van der Waals surface area (Å²) in [5, 5.41) is 2.88. The third kappa shape index (κ3) is 1.65. The fourth-order valence-electron chi connectivity index (χ4n) is 1.81. The van der Waals surface area contributed by atoms with Gasteiger partial charge in [-0.1, -0.05) is 6.07 Å². The smallest absolute Gasteiger partial charge is 0.239 e. The zero-order valence-electron chi connectivity index (χ0n) is 9.27. The number of imidazole rings is 1. The van der Waals surface area contributed by atoms with Crippen LogP contribution in [0.5, 0.6) is 0 Å². The van der Waals surface area contributed by atoms with E-state index in [2.05, 4.69) is 10.3 Å². The highest BCUT2D eigenvalue weighted by atomic mass is 16.1. The van der Waals surface area contributed by atoms with E-state index in [1.54, 1.807) is 13.4 Å². The Balaban J connectivity index is 2.50. The number of nitrogens with two attached hydrogens (primary N) is 1. The zero-order valence-corrected chi connectivity index (χ0v) is 9.27. The van der Waals surface area contributed by atoms with Crippen molar-refractivity contribution in [2.45, 2.75) is 6.04 Å². The molecule has 1 unspecified atom stereocenters. The molecule has 0 saturated carbocycles. The number of benzene rings is 1. The van der Waals surface area contributed by atoms with Gasteiger partial charge < -0.3 is 15.6 Å². The molecular weight excluding hydrogens is 204 g/mol. The van der Waals surface area contributed by atoms with Crippen molar-refractivity contribution in [3.05, 3.63) is 30.1 Å². The maximum atomic E-state index is 11.2. The maximum absolute atomic E-state index is 11.2. The standard InChI is InChI=1S/C11H14N4O/c1-13-10(11(12)16)7-3-4-9-8(5-7)14-6-15(9)2/h3-6,10,13H,1-2H3,(H2,12,16). The molecule has 0 bridgehead atoms. The predicted octanol–water partition coefficient (Wildman–Crippen LogP) is 0.319. The molecular formula is C11H14N4O. The Kier molecular flexibility index (Phi) is 2.62. The van der Waals surface area contributed by atoms with Crippen LogP contribution in [0.2, 0.25) is 0 Å². The molecule has 5 nitrogen and oxygen atoms in total. The number of nitrogens with one attached hydrogen (secondary N) is 1. The SMILES string of the molecule is CNC(C(N)=O)c1ccc2c(c1)ncn2C. The number of likely N-dealkylation sites (N-methyl/N-ethyl adjacent to an activating group) is 1. The molecule has 3 N–H and O–H groups in total. The van der Waals surface area contributed by atoms with Gasteiger partial charge in [-0.05, 0) is 24.7 Å². The Morgan fingerprint density at radius 2 is 2.31 bits per heavy atom. The van der Waals surface area contributed by atoms with Gasteiger partial charge in [-0.3, -0.25) is 4.79 Å². The fourth-order valence-corrected chi connectivity index (χ4v) is 1.81. The topological polar surface area (TPSA) is 72.9 Å². The summed E-state index contributed by atoms with van der Waals surface area (Å²) in [4.78, 5) is 15.4. The molecule has 0 saturated heterocycles. The van der Waals surface area contributed by atoms with Gasteiger partial charge in [0.05, 0.1) is 17.4 Å². The average Bonchev–Trinajstić information content (AvgIpc) is 2.61. The Labute approximate surface area is 93.3 Å². The molecule has 0 radical (unpaired) electrons. The average molecular weight is 218 g/mol. The minimum atomic E-state index is -0.466. The molecule has 0 fully saturated rings. The van der Waals surface area contributed by atoms with Crippen molar-refractivity contribution in [3.63, 3.8) is 0 Å². The first-order valence-electron chi connectivity index (χ1n) is 5.01. The van der Waals surface area contributed by atoms with Crippen LogP contribution in [-0.4, -0.2) is 22.5 Å². The normalized spacial score (nSPS) is 12.9. The summed E-state index contributed by atoms with van der Waals surface area (Å²) in [6, 6.07) is 5.23. The van der Waals surface area contributed by atoms with E-state index in [1.807, 2.05) is 29.8 Å². The number of primary amides is 1. The van der Waals surface area contributed by atoms with E-state index in [-0.39, 0.29) is 0 Å². The van der Waals surface area contributed by atoms with Gasteiger partial charge in [0.15, 0.2) is 0 Å². The Bertz CT molecular complexity index is 532. The van der Waals surface area contributed by atoms with Crippen LogP contribution in [0.15, 0.2) is 24.5 Å². The van der Waals surface area contributed by atoms with Crippen molar-refractivity contribution in [3.8, 4) is 0 Å². The van der Waals surface area contributed by atoms with Crippen molar-refractivity contribution in [2.24, 2.45) is 12.8 Å². The number of aromatic nitrogens is 2. The number of amides is 1. The number of carbonyl (C=O) groups excluding carboxylic acids is 1. The van der Waals surface area contributed by atoms with E-state index in [9.17, 15) is 4.79 Å². The van der Waals surface area contributed by atoms with Crippen molar-refractivity contribution in [1.29, 1.82) is 0 Å². The molecule has 2 aromatic rings. The van der Waals surface area contributed by atoms with Crippen LogP contribution in [0, 0.1) is 0 Å². The van der Waals surface area contributed by atoms with E-state index in [4.69, 9.17) is 5.73 Å². The molecule has 0 aliphatic heterocycles. The Hall–Kier alpha value is -1.88. The van der Waals surface area contributed by atoms with E-state index in [0.29, 0.717) is 0 Å². The molecule has 1 heterocycles. The second kappa shape index (κ2) is 3.94. The maximum Gasteiger partial charge on any atom is 0.239 e. The summed E-state index contributed by atoms with van der Waals surface area (Å²) in [6.07, 6.45) is 1.74. The molecule has 0 aliphatic rings. The highest BCUT2D eigenvalue weighted by Gasteiger charge is 2.15. The molecule has 5 heteroatoms. The first-order chi connectivity index (χ1) is 7.63. The van der Waals surface area contributed by atoms with Crippen molar-refractivity contribution < 1.29 is 4.79 Å². The van der Waals surface area contributed by atoms with Crippen LogP contribution in [0.1, 0.15) is 11.6 Å². The van der Waals surface area contributed by atoms with Crippen molar-refractivity contribution >= 4 is 16.9 Å². The lowest BCUT2D eigenvalue weighted by Crippen LogP contribution is -2.31. The van der Waals surface area contributed by atoms with E-state index in [1.165, 1.54) is 0 Å². The summed E-state index contributed by atoms with van der Waals surface area (Å²) in [5.41, 5.74) is 8.03. The molecule has 1 amide bonds. The van der Waals surface area contributed by atoms with Crippen LogP contribution in [0.25, 0.3) is 11.0 Å². The molecule has 1 aromatic carbocycles. The predicted molar refractivity (Wildman–Crippen MR) is 61.7 cm³/mol. The quantitative estimate of drug-likeness (QED) is 0.779. The van der Waals surface area contributed by atoms with Crippen LogP contribution in [0.3, 0.4) is 0 Å². The number of carbonyl (C=O) groups is 1. The second-order valence-corrected chi connectivity index (χ2v) is 3.73. The second-order valence-electron chi connectivity index (χ2n) is 3.73. The van der Waals surface area contributed by atoms with Gasteiger partial charge >= 0.3 is 0 Å². The van der Waals surface area contributed by atoms with E-state index < -0.39 is 11.9 Å². The Morgan fingerprint density at radius 1 is 1.56 bits per heavy atom. The van der Waals surface area contributed by atoms with Crippen molar-refractivity contribution in [1.82, 2.24) is 14.9 Å². The molecule has 16 heavy (non-hydrogen) atoms. The number of rotatable bonds is 3. The van der Waals surface area contributed by atoms with Gasteiger partial charge in [0, 0.05) is 7.05 Å². The highest BCUT2D eigenvalue weighted by molar-refractivity contribution is 5.84. The molecule has 84 valence electrons. The van der Waals surface area contributed by atoms with Crippen LogP contribution >= 0.6 is 0 Å². The molecule has 0 spiro atoms. The largest absolute Gasteiger partial charge is 0.368 e. The third-order valence-corrected chi connectivity index (χ3v) is 2.66. The summed E-state index contributed by atoms with van der Waals surface area (Å²) in [7, 11) is 3.64. The fraction of sp³-hybridized carbons (Fsp3) is 0.273. The van der Waals surface area contributed by atoms with Gasteiger partial charge in [-0.15, -0.1) is 0 Å². The van der Waals surface area contributed by atoms with Gasteiger partial charge in [-0.2, -0.15) is 0 Å². The molecule has 1 atom stereocenters. The van der Waals surface area contributed by atoms with Crippen LogP contribution in [0.4, 0.5) is 0 Å². The monoisotopic (exact) mass is 218 g/mol. The van der Waals surface area contributed by atoms with Crippen LogP contribution in [-0.2, 0) is 11.8 Å². The summed E-state index contributed by atoms with van der Waals surface area (Å²) in [6.45, 7) is 0. The Morgan fingerprint density at radius 3 is 2.94 bits per heavy atom. The van der Waals surface area contributed by atoms with Gasteiger partial charge in [-0.25, -0.2) is 4.98 Å². The number of hydrogen-bond donors (Lipinski definition) is 2. The minimum absolute atomic E-state index is 0.391. The zero-order chi connectivity index (χ0) is 11.7. The lowest BCUT2D eigenvalue weighted by atomic mass is 10.1. The minimum Gasteiger partial charge on any atom is -0.368 e. The number of hydrogen-bond acceptors (Lipinski definition) is 3. The number of nitrogens with zero attached hydrogens (tertiary/aromatic N) is 2. The number of aryl methyl sites for hydroxylation is 1. The lowest BCUT2D eigenvalue weighted by molar-refractivity contribution is -0.120. The van der Waals surface area contributed by atoms with Gasteiger partial charge in [0.25, 0.3) is 0 Å². The highest BCUT2D eigenvalue weighted by Crippen LogP contribution is 2.18. The number of fused-ring (bicyclic) bond motifs is 1. The lowest BCUT2D eigenvalue weighted by Gasteiger charge is -2.12. The molecule has 0 aliphatic carbocycles. The van der Waals surface area contributed by atoms with Crippen molar-refractivity contribution in [2.75, 3.05) is 7.05 Å². The molecule has 2 rings (SSSR count). The first kappa shape index (κ1) is 10.6. The van der Waals surface area contributed by atoms with Gasteiger partial charge in [0.2, 0.25) is 5.91 Å². The summed E-state index contributed by atoms with van der Waals surface area (Å²) < 4.78 is 1.93.